The van der Waals surface area contributed by atoms with Gasteiger partial charge in [0.05, 0.1) is 0 Å². The van der Waals surface area contributed by atoms with Crippen LogP contribution in [-0.4, -0.2) is 21.2 Å². The largest absolute Gasteiger partial charge is 0.316 e. The van der Waals surface area contributed by atoms with E-state index in [9.17, 15) is 0 Å². The van der Waals surface area contributed by atoms with E-state index in [0.717, 1.165) is 18.1 Å². The third-order valence-electron chi connectivity index (χ3n) is 3.12. The highest BCUT2D eigenvalue weighted by atomic mass is 35.5. The van der Waals surface area contributed by atoms with E-state index in [0.29, 0.717) is 11.8 Å². The number of halogens is 1. The van der Waals surface area contributed by atoms with Gasteiger partial charge in [0, 0.05) is 19.6 Å². The van der Waals surface area contributed by atoms with Crippen LogP contribution in [0.4, 0.5) is 0 Å². The number of hydrogen-bond acceptors (Lipinski definition) is 1. The topological polar surface area (TPSA) is 12.0 Å². The van der Waals surface area contributed by atoms with Crippen molar-refractivity contribution >= 4 is 19.7 Å². The van der Waals surface area contributed by atoms with Crippen molar-refractivity contribution in [3.05, 3.63) is 34.9 Å². The molecule has 0 fully saturated rings. The number of benzene rings is 1. The Bertz CT molecular complexity index is 385. The Kier molecular flexibility index (Phi) is 6.58. The van der Waals surface area contributed by atoms with E-state index in [4.69, 9.17) is 11.6 Å². The van der Waals surface area contributed by atoms with E-state index in [1.807, 2.05) is 6.07 Å². The first kappa shape index (κ1) is 16.7. The quantitative estimate of drug-likeness (QED) is 0.698. The first-order chi connectivity index (χ1) is 8.78. The van der Waals surface area contributed by atoms with Crippen LogP contribution in [-0.2, 0) is 0 Å². The summed E-state index contributed by atoms with van der Waals surface area (Å²) in [7, 11) is -1.08. The monoisotopic (exact) mass is 297 g/mol. The maximum Gasteiger partial charge on any atom is 0.0449 e. The summed E-state index contributed by atoms with van der Waals surface area (Å²) in [4.78, 5) is 0. The van der Waals surface area contributed by atoms with Gasteiger partial charge in [-0.15, -0.1) is 0 Å². The van der Waals surface area contributed by atoms with Crippen LogP contribution in [0.2, 0.25) is 30.7 Å². The second kappa shape index (κ2) is 7.46. The summed E-state index contributed by atoms with van der Waals surface area (Å²) in [6.07, 6.45) is 0. The second-order valence-corrected chi connectivity index (χ2v) is 13.0. The van der Waals surface area contributed by atoms with Gasteiger partial charge in [-0.1, -0.05) is 57.2 Å². The fourth-order valence-electron chi connectivity index (χ4n) is 2.35. The third-order valence-corrected chi connectivity index (χ3v) is 5.07. The van der Waals surface area contributed by atoms with Gasteiger partial charge in [0.25, 0.3) is 0 Å². The van der Waals surface area contributed by atoms with Gasteiger partial charge in [-0.2, -0.15) is 0 Å². The van der Waals surface area contributed by atoms with E-state index in [2.05, 4.69) is 57.0 Å². The predicted molar refractivity (Wildman–Crippen MR) is 90.1 cm³/mol. The summed E-state index contributed by atoms with van der Waals surface area (Å²) in [6, 6.07) is 9.67. The van der Waals surface area contributed by atoms with Crippen LogP contribution >= 0.6 is 11.6 Å². The van der Waals surface area contributed by atoms with E-state index in [-0.39, 0.29) is 0 Å². The fraction of sp³-hybridized carbons (Fsp3) is 0.625. The van der Waals surface area contributed by atoms with E-state index in [1.54, 1.807) is 0 Å². The van der Waals surface area contributed by atoms with Gasteiger partial charge >= 0.3 is 0 Å². The highest BCUT2D eigenvalue weighted by Gasteiger charge is 2.21. The van der Waals surface area contributed by atoms with Crippen LogP contribution in [0, 0.1) is 5.92 Å². The van der Waals surface area contributed by atoms with Crippen LogP contribution < -0.4 is 5.32 Å². The Hall–Kier alpha value is -0.313. The predicted octanol–water partition coefficient (Wildman–Crippen LogP) is 5.01. The van der Waals surface area contributed by atoms with Crippen molar-refractivity contribution in [2.45, 2.75) is 45.5 Å². The maximum atomic E-state index is 6.14. The van der Waals surface area contributed by atoms with Crippen molar-refractivity contribution in [1.82, 2.24) is 5.32 Å². The summed E-state index contributed by atoms with van der Waals surface area (Å²) >= 11 is 6.14. The highest BCUT2D eigenvalue weighted by molar-refractivity contribution is 6.76. The molecule has 1 unspecified atom stereocenters. The second-order valence-electron chi connectivity index (χ2n) is 7.07. The highest BCUT2D eigenvalue weighted by Crippen LogP contribution is 2.27. The van der Waals surface area contributed by atoms with Gasteiger partial charge in [-0.25, -0.2) is 0 Å². The summed E-state index contributed by atoms with van der Waals surface area (Å²) in [5.74, 6) is 1.29. The number of hydrogen-bond donors (Lipinski definition) is 1. The molecular weight excluding hydrogens is 270 g/mol. The SMILES string of the molecule is CC(C)CNCC(C[Si](C)(C)C)c1cccc(Cl)c1. The average molecular weight is 298 g/mol. The minimum Gasteiger partial charge on any atom is -0.316 e. The Morgan fingerprint density at radius 3 is 2.37 bits per heavy atom. The van der Waals surface area contributed by atoms with Crippen LogP contribution in [0.25, 0.3) is 0 Å². The van der Waals surface area contributed by atoms with E-state index >= 15 is 0 Å². The molecule has 0 aliphatic rings. The lowest BCUT2D eigenvalue weighted by Gasteiger charge is -2.26. The van der Waals surface area contributed by atoms with Crippen molar-refractivity contribution in [2.24, 2.45) is 5.92 Å². The molecule has 1 N–H and O–H groups in total. The van der Waals surface area contributed by atoms with Gasteiger partial charge in [0.15, 0.2) is 0 Å². The zero-order valence-electron chi connectivity index (χ0n) is 13.0. The molecule has 3 heteroatoms. The molecule has 0 radical (unpaired) electrons. The molecule has 1 rings (SSSR count). The third kappa shape index (κ3) is 7.14. The number of nitrogens with one attached hydrogen (secondary N) is 1. The van der Waals surface area contributed by atoms with Gasteiger partial charge in [0.2, 0.25) is 0 Å². The molecule has 19 heavy (non-hydrogen) atoms. The molecule has 0 heterocycles. The summed E-state index contributed by atoms with van der Waals surface area (Å²) in [5, 5.41) is 4.45. The Morgan fingerprint density at radius 1 is 1.16 bits per heavy atom. The first-order valence-corrected chi connectivity index (χ1v) is 11.3. The molecule has 108 valence electrons. The molecule has 0 aliphatic carbocycles. The van der Waals surface area contributed by atoms with Crippen molar-refractivity contribution < 1.29 is 0 Å². The molecule has 0 bridgehead atoms. The van der Waals surface area contributed by atoms with Gasteiger partial charge in [-0.3, -0.25) is 0 Å². The Labute approximate surface area is 124 Å². The minimum absolute atomic E-state index is 0.587. The molecule has 0 aliphatic heterocycles. The van der Waals surface area contributed by atoms with Crippen LogP contribution in [0.1, 0.15) is 25.3 Å². The first-order valence-electron chi connectivity index (χ1n) is 7.24. The summed E-state index contributed by atoms with van der Waals surface area (Å²) in [6.45, 7) is 14.0. The molecule has 0 spiro atoms. The molecule has 1 nitrogen and oxygen atoms in total. The van der Waals surface area contributed by atoms with Gasteiger partial charge in [0.1, 0.15) is 0 Å². The van der Waals surface area contributed by atoms with Crippen LogP contribution in [0.5, 0.6) is 0 Å². The molecule has 0 aromatic heterocycles. The average Bonchev–Trinajstić information content (AvgIpc) is 2.25. The van der Waals surface area contributed by atoms with E-state index < -0.39 is 8.07 Å². The number of rotatable bonds is 7. The van der Waals surface area contributed by atoms with Crippen molar-refractivity contribution in [2.75, 3.05) is 13.1 Å². The van der Waals surface area contributed by atoms with Crippen molar-refractivity contribution in [3.8, 4) is 0 Å². The normalized spacial score (nSPS) is 13.8. The molecule has 1 aromatic rings. The summed E-state index contributed by atoms with van der Waals surface area (Å²) < 4.78 is 0. The van der Waals surface area contributed by atoms with Gasteiger partial charge in [-0.05, 0) is 42.1 Å². The van der Waals surface area contributed by atoms with Crippen LogP contribution in [0.3, 0.4) is 0 Å². The Balaban J connectivity index is 2.74. The molecule has 0 saturated heterocycles. The van der Waals surface area contributed by atoms with E-state index in [1.165, 1.54) is 11.6 Å². The maximum absolute atomic E-state index is 6.14. The molecule has 1 atom stereocenters. The Morgan fingerprint density at radius 2 is 1.84 bits per heavy atom. The summed E-state index contributed by atoms with van der Waals surface area (Å²) in [5.41, 5.74) is 1.38. The lowest BCUT2D eigenvalue weighted by molar-refractivity contribution is 0.527. The smallest absolute Gasteiger partial charge is 0.0449 e. The standard InChI is InChI=1S/C16H28ClNSi/c1-13(2)10-18-11-15(12-19(3,4)5)14-7-6-8-16(17)9-14/h6-9,13,15,18H,10-12H2,1-5H3. The van der Waals surface area contributed by atoms with Gasteiger partial charge < -0.3 is 5.32 Å². The van der Waals surface area contributed by atoms with Crippen molar-refractivity contribution in [1.29, 1.82) is 0 Å². The lowest BCUT2D eigenvalue weighted by Crippen LogP contribution is -2.31. The molecule has 0 saturated carbocycles. The fourth-order valence-corrected chi connectivity index (χ4v) is 4.41. The molecular formula is C16H28ClNSi. The molecule has 1 aromatic carbocycles. The minimum atomic E-state index is -1.08. The molecule has 0 amide bonds. The lowest BCUT2D eigenvalue weighted by atomic mass is 10.0. The zero-order valence-corrected chi connectivity index (χ0v) is 14.7. The van der Waals surface area contributed by atoms with Crippen LogP contribution in [0.15, 0.2) is 24.3 Å². The zero-order chi connectivity index (χ0) is 14.5. The van der Waals surface area contributed by atoms with Crippen molar-refractivity contribution in [3.63, 3.8) is 0 Å².